The molecule has 1 amide bonds. The van der Waals surface area contributed by atoms with Crippen LogP contribution < -0.4 is 0 Å². The Labute approximate surface area is 169 Å². The fourth-order valence-electron chi connectivity index (χ4n) is 4.29. The van der Waals surface area contributed by atoms with Crippen LogP contribution in [-0.2, 0) is 23.8 Å². The Hall–Kier alpha value is -3.09. The summed E-state index contributed by atoms with van der Waals surface area (Å²) in [7, 11) is 3.95. The second-order valence-electron chi connectivity index (χ2n) is 7.17. The van der Waals surface area contributed by atoms with Crippen molar-refractivity contribution in [3.8, 4) is 0 Å². The molecule has 1 aliphatic heterocycles. The molecular formula is C22H25NO6. The molecule has 7 heteroatoms. The maximum Gasteiger partial charge on any atom is 0.410 e. The number of carbonyl (C=O) groups is 3. The summed E-state index contributed by atoms with van der Waals surface area (Å²) in [5.74, 6) is -1.41. The summed E-state index contributed by atoms with van der Waals surface area (Å²) in [6, 6.07) is 9.28. The van der Waals surface area contributed by atoms with Crippen LogP contribution in [0, 0.1) is 5.92 Å². The molecule has 1 aromatic carbocycles. The van der Waals surface area contributed by atoms with Crippen LogP contribution in [-0.4, -0.2) is 50.8 Å². The summed E-state index contributed by atoms with van der Waals surface area (Å²) in [6.45, 7) is 2.23. The topological polar surface area (TPSA) is 82.1 Å². The number of amides is 1. The minimum Gasteiger partial charge on any atom is -0.466 e. The van der Waals surface area contributed by atoms with Gasteiger partial charge in [0, 0.05) is 18.9 Å². The fourth-order valence-corrected chi connectivity index (χ4v) is 4.29. The van der Waals surface area contributed by atoms with Gasteiger partial charge in [0.15, 0.2) is 0 Å². The van der Waals surface area contributed by atoms with E-state index < -0.39 is 18.0 Å². The minimum atomic E-state index is -0.543. The molecule has 0 N–H and O–H groups in total. The van der Waals surface area contributed by atoms with Gasteiger partial charge >= 0.3 is 18.0 Å². The molecule has 1 heterocycles. The number of piperidine rings is 1. The average molecular weight is 399 g/mol. The minimum absolute atomic E-state index is 0.286. The number of likely N-dealkylation sites (tertiary alicyclic amines) is 1. The molecule has 0 radical (unpaired) electrons. The highest BCUT2D eigenvalue weighted by Crippen LogP contribution is 2.46. The van der Waals surface area contributed by atoms with E-state index in [4.69, 9.17) is 14.2 Å². The van der Waals surface area contributed by atoms with Gasteiger partial charge in [0.2, 0.25) is 0 Å². The number of fused-ring (bicyclic) bond motifs is 1. The van der Waals surface area contributed by atoms with Crippen molar-refractivity contribution in [1.29, 1.82) is 0 Å². The molecule has 2 unspecified atom stereocenters. The summed E-state index contributed by atoms with van der Waals surface area (Å²) in [6.07, 6.45) is 0.296. The van der Waals surface area contributed by atoms with Crippen molar-refractivity contribution in [3.63, 3.8) is 0 Å². The maximum absolute atomic E-state index is 12.7. The smallest absolute Gasteiger partial charge is 0.410 e. The number of allylic oxidation sites excluding steroid dienone is 1. The lowest BCUT2D eigenvalue weighted by atomic mass is 9.72. The number of esters is 2. The fraction of sp³-hybridized carbons (Fsp3) is 0.409. The van der Waals surface area contributed by atoms with Gasteiger partial charge in [-0.05, 0) is 24.5 Å². The normalized spacial score (nSPS) is 21.4. The average Bonchev–Trinajstić information content (AvgIpc) is 2.77. The van der Waals surface area contributed by atoms with Crippen LogP contribution in [0.1, 0.15) is 31.4 Å². The molecule has 1 saturated heterocycles. The van der Waals surface area contributed by atoms with Crippen molar-refractivity contribution in [2.75, 3.05) is 27.9 Å². The Morgan fingerprint density at radius 1 is 0.966 bits per heavy atom. The van der Waals surface area contributed by atoms with Crippen molar-refractivity contribution < 1.29 is 28.6 Å². The summed E-state index contributed by atoms with van der Waals surface area (Å²) in [5.41, 5.74) is 3.47. The molecule has 2 aliphatic rings. The summed E-state index contributed by atoms with van der Waals surface area (Å²) >= 11 is 0. The summed E-state index contributed by atoms with van der Waals surface area (Å²) in [4.78, 5) is 39.2. The van der Waals surface area contributed by atoms with Crippen LogP contribution in [0.15, 0.2) is 52.6 Å². The lowest BCUT2D eigenvalue weighted by Crippen LogP contribution is -2.45. The molecule has 0 aromatic heterocycles. The molecule has 29 heavy (non-hydrogen) atoms. The number of nitrogens with zero attached hydrogens (tertiary/aromatic N) is 1. The molecule has 2 atom stereocenters. The Morgan fingerprint density at radius 3 is 2.21 bits per heavy atom. The summed E-state index contributed by atoms with van der Waals surface area (Å²) in [5, 5.41) is 0. The first-order chi connectivity index (χ1) is 13.9. The van der Waals surface area contributed by atoms with Crippen molar-refractivity contribution in [3.05, 3.63) is 58.2 Å². The molecule has 0 spiro atoms. The summed E-state index contributed by atoms with van der Waals surface area (Å²) < 4.78 is 14.9. The quantitative estimate of drug-likeness (QED) is 0.441. The lowest BCUT2D eigenvalue weighted by molar-refractivity contribution is -0.140. The highest BCUT2D eigenvalue weighted by Gasteiger charge is 2.44. The van der Waals surface area contributed by atoms with Crippen molar-refractivity contribution in [1.82, 2.24) is 4.90 Å². The van der Waals surface area contributed by atoms with E-state index in [0.29, 0.717) is 24.1 Å². The molecule has 154 valence electrons. The number of hydrogen-bond acceptors (Lipinski definition) is 6. The van der Waals surface area contributed by atoms with E-state index in [2.05, 4.69) is 0 Å². The number of rotatable bonds is 3. The molecule has 1 fully saturated rings. The van der Waals surface area contributed by atoms with Crippen molar-refractivity contribution >= 4 is 18.0 Å². The van der Waals surface area contributed by atoms with Crippen molar-refractivity contribution in [2.45, 2.75) is 25.8 Å². The maximum atomic E-state index is 12.7. The molecule has 3 rings (SSSR count). The molecule has 0 saturated carbocycles. The number of hydrogen-bond donors (Lipinski definition) is 0. The van der Waals surface area contributed by atoms with Gasteiger partial charge in [-0.3, -0.25) is 4.90 Å². The van der Waals surface area contributed by atoms with Crippen LogP contribution in [0.3, 0.4) is 0 Å². The van der Waals surface area contributed by atoms with E-state index in [1.807, 2.05) is 37.3 Å². The van der Waals surface area contributed by atoms with Gasteiger partial charge in [-0.15, -0.1) is 0 Å². The molecule has 7 nitrogen and oxygen atoms in total. The zero-order chi connectivity index (χ0) is 21.1. The zero-order valence-corrected chi connectivity index (χ0v) is 17.1. The largest absolute Gasteiger partial charge is 0.466 e. The van der Waals surface area contributed by atoms with E-state index in [0.717, 1.165) is 16.7 Å². The van der Waals surface area contributed by atoms with Gasteiger partial charge in [0.05, 0.1) is 38.5 Å². The number of methoxy groups -OCH3 is 3. The highest BCUT2D eigenvalue weighted by molar-refractivity contribution is 6.02. The SMILES string of the molecule is COC(=O)C1=C(C(=O)OC)C2CC(c3ccccc3)N(C(=O)OC)CC2=C(C)C1. The predicted molar refractivity (Wildman–Crippen MR) is 105 cm³/mol. The van der Waals surface area contributed by atoms with Gasteiger partial charge in [0.25, 0.3) is 0 Å². The van der Waals surface area contributed by atoms with E-state index >= 15 is 0 Å². The van der Waals surface area contributed by atoms with E-state index in [9.17, 15) is 14.4 Å². The highest BCUT2D eigenvalue weighted by atomic mass is 16.5. The Morgan fingerprint density at radius 2 is 1.62 bits per heavy atom. The third-order valence-corrected chi connectivity index (χ3v) is 5.69. The monoisotopic (exact) mass is 399 g/mol. The molecule has 1 aromatic rings. The second-order valence-corrected chi connectivity index (χ2v) is 7.17. The van der Waals surface area contributed by atoms with Crippen LogP contribution in [0.5, 0.6) is 0 Å². The van der Waals surface area contributed by atoms with E-state index in [-0.39, 0.29) is 18.4 Å². The van der Waals surface area contributed by atoms with Gasteiger partial charge < -0.3 is 14.2 Å². The predicted octanol–water partition coefficient (Wildman–Crippen LogP) is 3.18. The first-order valence-corrected chi connectivity index (χ1v) is 9.40. The Kier molecular flexibility index (Phi) is 6.06. The van der Waals surface area contributed by atoms with Gasteiger partial charge in [-0.1, -0.05) is 35.9 Å². The first-order valence-electron chi connectivity index (χ1n) is 9.40. The molecule has 1 aliphatic carbocycles. The van der Waals surface area contributed by atoms with Crippen LogP contribution in [0.2, 0.25) is 0 Å². The van der Waals surface area contributed by atoms with E-state index in [1.54, 1.807) is 4.90 Å². The van der Waals surface area contributed by atoms with Crippen LogP contribution >= 0.6 is 0 Å². The third kappa shape index (κ3) is 3.77. The third-order valence-electron chi connectivity index (χ3n) is 5.69. The number of ether oxygens (including phenoxy) is 3. The lowest BCUT2D eigenvalue weighted by Gasteiger charge is -2.43. The van der Waals surface area contributed by atoms with Crippen LogP contribution in [0.4, 0.5) is 4.79 Å². The van der Waals surface area contributed by atoms with E-state index in [1.165, 1.54) is 21.3 Å². The molecule has 0 bridgehead atoms. The van der Waals surface area contributed by atoms with Crippen LogP contribution in [0.25, 0.3) is 0 Å². The Bertz CT molecular complexity index is 886. The second kappa shape index (κ2) is 8.51. The first kappa shape index (κ1) is 20.6. The Balaban J connectivity index is 2.11. The zero-order valence-electron chi connectivity index (χ0n) is 17.1. The number of carbonyl (C=O) groups excluding carboxylic acids is 3. The van der Waals surface area contributed by atoms with Gasteiger partial charge in [-0.25, -0.2) is 14.4 Å². The van der Waals surface area contributed by atoms with Gasteiger partial charge in [-0.2, -0.15) is 0 Å². The van der Waals surface area contributed by atoms with Crippen molar-refractivity contribution in [2.24, 2.45) is 5.92 Å². The van der Waals surface area contributed by atoms with Gasteiger partial charge in [0.1, 0.15) is 0 Å². The standard InChI is InChI=1S/C22H25NO6/c1-13-10-16(20(24)27-2)19(21(25)28-3)15-11-18(14-8-6-5-7-9-14)23(12-17(13)15)22(26)29-4/h5-9,15,18H,10-12H2,1-4H3. The number of benzene rings is 1. The molecular weight excluding hydrogens is 374 g/mol.